The normalized spacial score (nSPS) is 29.3. The molecule has 1 unspecified atom stereocenters. The SMILES string of the molecule is [CH2]CC[C@H]1OC(n2cnc3c(N)nc(F)nc32)[C@@H](O)[C@H]1O. The monoisotopic (exact) mass is 296 g/mol. The van der Waals surface area contributed by atoms with Gasteiger partial charge in [-0.05, 0) is 6.42 Å². The zero-order valence-electron chi connectivity index (χ0n) is 11.1. The maximum Gasteiger partial charge on any atom is 0.312 e. The van der Waals surface area contributed by atoms with Crippen LogP contribution in [-0.2, 0) is 4.74 Å². The molecule has 21 heavy (non-hydrogen) atoms. The van der Waals surface area contributed by atoms with E-state index in [9.17, 15) is 14.6 Å². The number of halogens is 1. The third-order valence-corrected chi connectivity index (χ3v) is 3.52. The van der Waals surface area contributed by atoms with Gasteiger partial charge < -0.3 is 20.7 Å². The fraction of sp³-hybridized carbons (Fsp3) is 0.500. The first kappa shape index (κ1) is 14.1. The summed E-state index contributed by atoms with van der Waals surface area (Å²) in [7, 11) is 0. The number of fused-ring (bicyclic) bond motifs is 1. The fourth-order valence-electron chi connectivity index (χ4n) is 2.50. The molecule has 1 aliphatic rings. The largest absolute Gasteiger partial charge is 0.388 e. The first-order valence-electron chi connectivity index (χ1n) is 6.49. The number of aliphatic hydroxyl groups is 2. The van der Waals surface area contributed by atoms with Crippen molar-refractivity contribution in [3.63, 3.8) is 0 Å². The Morgan fingerprint density at radius 3 is 2.86 bits per heavy atom. The zero-order chi connectivity index (χ0) is 15.1. The maximum atomic E-state index is 13.3. The average molecular weight is 296 g/mol. The molecule has 2 aromatic rings. The Bertz CT molecular complexity index is 664. The van der Waals surface area contributed by atoms with Crippen molar-refractivity contribution in [2.75, 3.05) is 5.73 Å². The minimum Gasteiger partial charge on any atom is -0.388 e. The second-order valence-corrected chi connectivity index (χ2v) is 4.89. The number of ether oxygens (including phenoxy) is 1. The van der Waals surface area contributed by atoms with Gasteiger partial charge in [0.1, 0.15) is 12.2 Å². The van der Waals surface area contributed by atoms with Crippen LogP contribution in [0.25, 0.3) is 11.2 Å². The number of aliphatic hydroxyl groups excluding tert-OH is 2. The molecule has 0 aliphatic carbocycles. The van der Waals surface area contributed by atoms with Crippen LogP contribution in [0.15, 0.2) is 6.33 Å². The van der Waals surface area contributed by atoms with Crippen LogP contribution < -0.4 is 5.73 Å². The predicted molar refractivity (Wildman–Crippen MR) is 70.2 cm³/mol. The number of nitrogens with zero attached hydrogens (tertiary/aromatic N) is 4. The van der Waals surface area contributed by atoms with Gasteiger partial charge in [-0.3, -0.25) is 4.57 Å². The van der Waals surface area contributed by atoms with Crippen molar-refractivity contribution in [2.45, 2.75) is 37.4 Å². The van der Waals surface area contributed by atoms with Crippen molar-refractivity contribution in [2.24, 2.45) is 0 Å². The summed E-state index contributed by atoms with van der Waals surface area (Å²) in [5, 5.41) is 20.1. The number of nitrogens with two attached hydrogens (primary N) is 1. The summed E-state index contributed by atoms with van der Waals surface area (Å²) < 4.78 is 20.3. The van der Waals surface area contributed by atoms with E-state index >= 15 is 0 Å². The Hall–Kier alpha value is -1.84. The van der Waals surface area contributed by atoms with Crippen molar-refractivity contribution in [3.05, 3.63) is 19.3 Å². The zero-order valence-corrected chi connectivity index (χ0v) is 11.1. The number of hydrogen-bond acceptors (Lipinski definition) is 7. The summed E-state index contributed by atoms with van der Waals surface area (Å²) >= 11 is 0. The molecular formula is C12H15FN5O3. The van der Waals surface area contributed by atoms with Gasteiger partial charge in [0.2, 0.25) is 0 Å². The van der Waals surface area contributed by atoms with E-state index in [4.69, 9.17) is 10.5 Å². The van der Waals surface area contributed by atoms with Gasteiger partial charge in [0, 0.05) is 0 Å². The Kier molecular flexibility index (Phi) is 3.47. The molecule has 3 rings (SSSR count). The van der Waals surface area contributed by atoms with E-state index in [2.05, 4.69) is 21.9 Å². The molecular weight excluding hydrogens is 281 g/mol. The maximum absolute atomic E-state index is 13.3. The molecule has 8 nitrogen and oxygen atoms in total. The summed E-state index contributed by atoms with van der Waals surface area (Å²) in [4.78, 5) is 11.0. The molecule has 0 spiro atoms. The molecule has 0 aromatic carbocycles. The van der Waals surface area contributed by atoms with Gasteiger partial charge in [0.05, 0.1) is 12.4 Å². The lowest BCUT2D eigenvalue weighted by atomic mass is 10.1. The molecule has 4 atom stereocenters. The lowest BCUT2D eigenvalue weighted by Gasteiger charge is -2.16. The van der Waals surface area contributed by atoms with E-state index in [0.717, 1.165) is 0 Å². The number of rotatable bonds is 3. The van der Waals surface area contributed by atoms with Crippen LogP contribution >= 0.6 is 0 Å². The lowest BCUT2D eigenvalue weighted by Crippen LogP contribution is -2.31. The first-order valence-corrected chi connectivity index (χ1v) is 6.49. The van der Waals surface area contributed by atoms with Gasteiger partial charge in [-0.1, -0.05) is 13.3 Å². The lowest BCUT2D eigenvalue weighted by molar-refractivity contribution is -0.0366. The smallest absolute Gasteiger partial charge is 0.312 e. The third kappa shape index (κ3) is 2.23. The summed E-state index contributed by atoms with van der Waals surface area (Å²) in [6, 6.07) is 0. The topological polar surface area (TPSA) is 119 Å². The summed E-state index contributed by atoms with van der Waals surface area (Å²) in [5.41, 5.74) is 5.89. The molecule has 9 heteroatoms. The van der Waals surface area contributed by atoms with Gasteiger partial charge in [-0.25, -0.2) is 4.98 Å². The van der Waals surface area contributed by atoms with Crippen LogP contribution in [0.1, 0.15) is 19.1 Å². The van der Waals surface area contributed by atoms with Crippen LogP contribution in [0, 0.1) is 13.0 Å². The molecule has 0 saturated carbocycles. The molecule has 4 N–H and O–H groups in total. The highest BCUT2D eigenvalue weighted by atomic mass is 19.1. The van der Waals surface area contributed by atoms with Crippen LogP contribution in [0.5, 0.6) is 0 Å². The quantitative estimate of drug-likeness (QED) is 0.670. The van der Waals surface area contributed by atoms with Gasteiger partial charge in [0.15, 0.2) is 23.2 Å². The highest BCUT2D eigenvalue weighted by molar-refractivity contribution is 5.81. The van der Waals surface area contributed by atoms with Crippen molar-refractivity contribution >= 4 is 17.0 Å². The molecule has 1 saturated heterocycles. The highest BCUT2D eigenvalue weighted by Crippen LogP contribution is 2.33. The summed E-state index contributed by atoms with van der Waals surface area (Å²) in [6.45, 7) is 3.69. The Morgan fingerprint density at radius 1 is 1.38 bits per heavy atom. The highest BCUT2D eigenvalue weighted by Gasteiger charge is 2.43. The van der Waals surface area contributed by atoms with Crippen molar-refractivity contribution in [1.29, 1.82) is 0 Å². The number of nitrogen functional groups attached to an aromatic ring is 1. The van der Waals surface area contributed by atoms with Gasteiger partial charge >= 0.3 is 6.08 Å². The molecule has 0 amide bonds. The molecule has 0 bridgehead atoms. The molecule has 1 fully saturated rings. The second-order valence-electron chi connectivity index (χ2n) is 4.89. The van der Waals surface area contributed by atoms with Gasteiger partial charge in [0.25, 0.3) is 0 Å². The van der Waals surface area contributed by atoms with E-state index < -0.39 is 30.6 Å². The van der Waals surface area contributed by atoms with Gasteiger partial charge in [-0.2, -0.15) is 14.4 Å². The van der Waals surface area contributed by atoms with Crippen LogP contribution in [0.2, 0.25) is 0 Å². The molecule has 3 heterocycles. The van der Waals surface area contributed by atoms with E-state index in [0.29, 0.717) is 12.8 Å². The Morgan fingerprint density at radius 2 is 2.14 bits per heavy atom. The Balaban J connectivity index is 2.01. The number of aromatic nitrogens is 4. The van der Waals surface area contributed by atoms with Crippen LogP contribution in [0.3, 0.4) is 0 Å². The molecule has 1 radical (unpaired) electrons. The second kappa shape index (κ2) is 5.17. The predicted octanol–water partition coefficient (Wildman–Crippen LogP) is -0.219. The molecule has 1 aliphatic heterocycles. The Labute approximate surface area is 119 Å². The van der Waals surface area contributed by atoms with Crippen LogP contribution in [-0.4, -0.2) is 48.0 Å². The van der Waals surface area contributed by atoms with E-state index in [1.165, 1.54) is 10.9 Å². The summed E-state index contributed by atoms with van der Waals surface area (Å²) in [6.07, 6.45) is -2.34. The van der Waals surface area contributed by atoms with Crippen LogP contribution in [0.4, 0.5) is 10.2 Å². The van der Waals surface area contributed by atoms with Gasteiger partial charge in [-0.15, -0.1) is 0 Å². The number of anilines is 1. The standard InChI is InChI=1S/C12H15FN5O3/c1-2-3-5-7(19)8(20)11(21-5)18-4-15-6-9(14)16-12(13)17-10(6)18/h4-5,7-8,11,19-20H,1-3H2,(H2,14,16,17)/t5-,7+,8+,11?/m1/s1. The van der Waals surface area contributed by atoms with Crippen molar-refractivity contribution in [3.8, 4) is 0 Å². The number of imidazole rings is 1. The third-order valence-electron chi connectivity index (χ3n) is 3.52. The first-order chi connectivity index (χ1) is 10.0. The molecule has 2 aromatic heterocycles. The van der Waals surface area contributed by atoms with Crippen molar-refractivity contribution in [1.82, 2.24) is 19.5 Å². The average Bonchev–Trinajstić information content (AvgIpc) is 2.96. The molecule has 113 valence electrons. The van der Waals surface area contributed by atoms with Crippen molar-refractivity contribution < 1.29 is 19.3 Å². The van der Waals surface area contributed by atoms with E-state index in [1.54, 1.807) is 0 Å². The number of hydrogen-bond donors (Lipinski definition) is 3. The van der Waals surface area contributed by atoms with E-state index in [-0.39, 0.29) is 17.0 Å². The minimum atomic E-state index is -1.18. The summed E-state index contributed by atoms with van der Waals surface area (Å²) in [5.74, 6) is -0.0985. The minimum absolute atomic E-state index is 0.0985. The fourth-order valence-corrected chi connectivity index (χ4v) is 2.50. The van der Waals surface area contributed by atoms with E-state index in [1.807, 2.05) is 0 Å².